The molecule has 0 aliphatic carbocycles. The number of hydrogen-bond donors (Lipinski definition) is 4. The number of hydrogen-bond acceptors (Lipinski definition) is 8. The summed E-state index contributed by atoms with van der Waals surface area (Å²) in [6.07, 6.45) is 2.64. The second-order valence-corrected chi connectivity index (χ2v) is 13.3. The van der Waals surface area contributed by atoms with Crippen LogP contribution in [-0.4, -0.2) is 89.0 Å². The topological polar surface area (TPSA) is 211 Å². The maximum atomic E-state index is 13.5. The van der Waals surface area contributed by atoms with Crippen molar-refractivity contribution in [1.29, 1.82) is 0 Å². The largest absolute Gasteiger partial charge is 0.370 e. The number of likely N-dealkylation sites (tertiary alicyclic amines) is 1. The first-order chi connectivity index (χ1) is 17.7. The predicted octanol–water partition coefficient (Wildman–Crippen LogP) is -0.850. The monoisotopic (exact) mass is 592 g/mol. The highest BCUT2D eigenvalue weighted by molar-refractivity contribution is 7.90. The summed E-state index contributed by atoms with van der Waals surface area (Å²) in [7, 11) is -7.79. The van der Waals surface area contributed by atoms with Gasteiger partial charge in [0.1, 0.15) is 28.2 Å². The van der Waals surface area contributed by atoms with Gasteiger partial charge in [0.05, 0.1) is 16.7 Å². The maximum Gasteiger partial charge on any atom is 0.243 e. The molecule has 0 saturated carbocycles. The van der Waals surface area contributed by atoms with Crippen molar-refractivity contribution in [3.8, 4) is 0 Å². The zero-order valence-electron chi connectivity index (χ0n) is 20.9. The number of aliphatic imine (C=N–C) groups is 1. The van der Waals surface area contributed by atoms with Gasteiger partial charge in [-0.1, -0.05) is 17.7 Å². The smallest absolute Gasteiger partial charge is 0.243 e. The van der Waals surface area contributed by atoms with Crippen molar-refractivity contribution in [3.05, 3.63) is 29.3 Å². The van der Waals surface area contributed by atoms with E-state index < -0.39 is 55.6 Å². The van der Waals surface area contributed by atoms with Gasteiger partial charge in [0.25, 0.3) is 0 Å². The molecule has 38 heavy (non-hydrogen) atoms. The Morgan fingerprint density at radius 2 is 1.95 bits per heavy atom. The molecule has 16 heteroatoms. The van der Waals surface area contributed by atoms with Crippen LogP contribution in [0, 0.1) is 0 Å². The number of sulfonamides is 1. The van der Waals surface area contributed by atoms with Gasteiger partial charge in [-0.25, -0.2) is 16.8 Å². The van der Waals surface area contributed by atoms with Crippen LogP contribution in [0.3, 0.4) is 0 Å². The second-order valence-electron chi connectivity index (χ2n) is 8.94. The number of halogens is 1. The molecule has 6 N–H and O–H groups in total. The van der Waals surface area contributed by atoms with Gasteiger partial charge >= 0.3 is 0 Å². The van der Waals surface area contributed by atoms with Crippen LogP contribution in [0.15, 0.2) is 34.2 Å². The van der Waals surface area contributed by atoms with Gasteiger partial charge in [-0.2, -0.15) is 4.72 Å². The average Bonchev–Trinajstić information content (AvgIpc) is 3.32. The standard InChI is InChI=1S/C22H33ClN6O7S2/c1-37(33,34)12-9-18(28-38(35,36)17-7-2-5-15(23)13-17)21(32)29-11-4-8-19(29)20(31)27-16(14-30)6-3-10-26-22(24)25/h2,5,7,13-14,16,18-19,28H,3-4,6,8-12H2,1H3,(H,27,31)(H4,24,25,26). The van der Waals surface area contributed by atoms with Crippen LogP contribution >= 0.6 is 11.6 Å². The van der Waals surface area contributed by atoms with Gasteiger partial charge in [-0.05, 0) is 50.3 Å². The van der Waals surface area contributed by atoms with Gasteiger partial charge in [0.2, 0.25) is 21.8 Å². The third kappa shape index (κ3) is 9.85. The van der Waals surface area contributed by atoms with Gasteiger partial charge in [0.15, 0.2) is 5.96 Å². The number of amides is 2. The summed E-state index contributed by atoms with van der Waals surface area (Å²) in [5, 5.41) is 2.75. The molecule has 1 fully saturated rings. The number of sulfone groups is 1. The summed E-state index contributed by atoms with van der Waals surface area (Å²) in [5.41, 5.74) is 10.5. The number of nitrogens with two attached hydrogens (primary N) is 2. The van der Waals surface area contributed by atoms with Crippen molar-refractivity contribution >= 4 is 55.5 Å². The molecule has 2 amide bonds. The Bertz CT molecular complexity index is 1250. The van der Waals surface area contributed by atoms with E-state index in [4.69, 9.17) is 23.1 Å². The predicted molar refractivity (Wildman–Crippen MR) is 143 cm³/mol. The lowest BCUT2D eigenvalue weighted by Crippen LogP contribution is -2.55. The number of nitrogens with one attached hydrogen (secondary N) is 2. The van der Waals surface area contributed by atoms with E-state index in [0.29, 0.717) is 19.1 Å². The molecule has 3 unspecified atom stereocenters. The lowest BCUT2D eigenvalue weighted by molar-refractivity contribution is -0.140. The summed E-state index contributed by atoms with van der Waals surface area (Å²) in [6.45, 7) is 0.423. The lowest BCUT2D eigenvalue weighted by Gasteiger charge is -2.29. The molecule has 0 aromatic heterocycles. The Labute approximate surface area is 227 Å². The van der Waals surface area contributed by atoms with E-state index in [9.17, 15) is 31.2 Å². The third-order valence-electron chi connectivity index (χ3n) is 5.78. The molecule has 1 aromatic carbocycles. The molecule has 1 heterocycles. The van der Waals surface area contributed by atoms with E-state index in [1.807, 2.05) is 0 Å². The molecule has 3 atom stereocenters. The SMILES string of the molecule is CS(=O)(=O)CCC(NS(=O)(=O)c1cccc(Cl)c1)C(=O)N1CCCC1C(=O)NC(C=O)CCCN=C(N)N. The van der Waals surface area contributed by atoms with Crippen molar-refractivity contribution < 1.29 is 31.2 Å². The van der Waals surface area contributed by atoms with Crippen molar-refractivity contribution in [2.45, 2.75) is 55.1 Å². The number of benzene rings is 1. The normalized spacial score (nSPS) is 17.4. The molecular formula is C22H33ClN6O7S2. The Balaban J connectivity index is 2.19. The number of carbonyl (C=O) groups excluding carboxylic acids is 3. The van der Waals surface area contributed by atoms with Crippen molar-refractivity contribution in [1.82, 2.24) is 14.9 Å². The van der Waals surface area contributed by atoms with Gasteiger partial charge in [-0.15, -0.1) is 0 Å². The van der Waals surface area contributed by atoms with E-state index in [0.717, 1.165) is 6.26 Å². The number of carbonyl (C=O) groups is 3. The molecule has 1 aliphatic heterocycles. The Hall–Kier alpha value is -2.75. The zero-order chi connectivity index (χ0) is 28.5. The van der Waals surface area contributed by atoms with E-state index in [1.165, 1.54) is 29.2 Å². The van der Waals surface area contributed by atoms with Crippen LogP contribution in [0.1, 0.15) is 32.1 Å². The van der Waals surface area contributed by atoms with E-state index in [2.05, 4.69) is 15.0 Å². The number of aldehydes is 1. The summed E-state index contributed by atoms with van der Waals surface area (Å²) >= 11 is 5.90. The lowest BCUT2D eigenvalue weighted by atomic mass is 10.1. The highest BCUT2D eigenvalue weighted by Gasteiger charge is 2.39. The van der Waals surface area contributed by atoms with Crippen molar-refractivity contribution in [2.75, 3.05) is 25.1 Å². The van der Waals surface area contributed by atoms with Gasteiger partial charge in [-0.3, -0.25) is 14.6 Å². The molecule has 0 spiro atoms. The van der Waals surface area contributed by atoms with E-state index in [-0.39, 0.29) is 48.2 Å². The molecule has 1 saturated heterocycles. The van der Waals surface area contributed by atoms with Crippen LogP contribution in [-0.2, 0) is 34.2 Å². The Kier molecular flexibility index (Phi) is 11.5. The van der Waals surface area contributed by atoms with Gasteiger partial charge < -0.3 is 26.5 Å². The molecular weight excluding hydrogens is 560 g/mol. The van der Waals surface area contributed by atoms with Gasteiger partial charge in [0, 0.05) is 24.4 Å². The summed E-state index contributed by atoms with van der Waals surface area (Å²) in [5.74, 6) is -1.87. The van der Waals surface area contributed by atoms with Crippen molar-refractivity contribution in [2.24, 2.45) is 16.5 Å². The Morgan fingerprint density at radius 3 is 2.55 bits per heavy atom. The van der Waals surface area contributed by atoms with Crippen LogP contribution in [0.25, 0.3) is 0 Å². The van der Waals surface area contributed by atoms with Crippen LogP contribution in [0.2, 0.25) is 5.02 Å². The minimum absolute atomic E-state index is 0.0896. The fraction of sp³-hybridized carbons (Fsp3) is 0.545. The van der Waals surface area contributed by atoms with E-state index in [1.54, 1.807) is 0 Å². The fourth-order valence-corrected chi connectivity index (χ4v) is 6.12. The summed E-state index contributed by atoms with van der Waals surface area (Å²) in [4.78, 5) is 42.8. The van der Waals surface area contributed by atoms with Crippen molar-refractivity contribution in [3.63, 3.8) is 0 Å². The van der Waals surface area contributed by atoms with E-state index >= 15 is 0 Å². The highest BCUT2D eigenvalue weighted by Crippen LogP contribution is 2.22. The minimum atomic E-state index is -4.26. The van der Waals surface area contributed by atoms with Crippen LogP contribution in [0.5, 0.6) is 0 Å². The molecule has 0 bridgehead atoms. The minimum Gasteiger partial charge on any atom is -0.370 e. The molecule has 212 valence electrons. The van der Waals surface area contributed by atoms with Crippen LogP contribution in [0.4, 0.5) is 0 Å². The first-order valence-corrected chi connectivity index (χ1v) is 15.7. The molecule has 2 rings (SSSR count). The highest BCUT2D eigenvalue weighted by atomic mass is 35.5. The number of rotatable bonds is 14. The maximum absolute atomic E-state index is 13.5. The Morgan fingerprint density at radius 1 is 1.24 bits per heavy atom. The molecule has 1 aromatic rings. The summed E-state index contributed by atoms with van der Waals surface area (Å²) in [6, 6.07) is 2.13. The quantitative estimate of drug-likeness (QED) is 0.0915. The number of nitrogens with zero attached hydrogens (tertiary/aromatic N) is 2. The average molecular weight is 593 g/mol. The number of guanidine groups is 1. The third-order valence-corrected chi connectivity index (χ3v) is 8.46. The first kappa shape index (κ1) is 31.5. The molecule has 13 nitrogen and oxygen atoms in total. The second kappa shape index (κ2) is 13.9. The molecule has 1 aliphatic rings. The fourth-order valence-electron chi connectivity index (χ4n) is 3.93. The first-order valence-electron chi connectivity index (χ1n) is 11.8. The molecule has 0 radical (unpaired) electrons. The summed E-state index contributed by atoms with van der Waals surface area (Å²) < 4.78 is 51.8. The van der Waals surface area contributed by atoms with Crippen LogP contribution < -0.4 is 21.5 Å². The zero-order valence-corrected chi connectivity index (χ0v) is 23.3.